The lowest BCUT2D eigenvalue weighted by Gasteiger charge is -2.33. The number of alkyl halides is 3. The van der Waals surface area contributed by atoms with Crippen molar-refractivity contribution in [1.82, 2.24) is 15.5 Å². The van der Waals surface area contributed by atoms with E-state index in [9.17, 15) is 13.2 Å². The van der Waals surface area contributed by atoms with Crippen molar-refractivity contribution >= 4 is 29.9 Å². The molecule has 0 amide bonds. The molecule has 1 heterocycles. The maximum absolute atomic E-state index is 13.0. The monoisotopic (exact) mass is 544 g/mol. The molecule has 0 saturated carbocycles. The first-order chi connectivity index (χ1) is 13.9. The second kappa shape index (κ2) is 13.9. The maximum Gasteiger partial charge on any atom is 0.419 e. The third-order valence-corrected chi connectivity index (χ3v) is 4.82. The number of rotatable bonds is 9. The molecule has 10 heteroatoms. The fraction of sp³-hybridized carbons (Fsp3) is 0.650. The quantitative estimate of drug-likeness (QED) is 0.216. The van der Waals surface area contributed by atoms with E-state index in [1.54, 1.807) is 14.2 Å². The van der Waals surface area contributed by atoms with Crippen LogP contribution in [0.5, 0.6) is 5.75 Å². The Kier molecular flexibility index (Phi) is 12.4. The maximum atomic E-state index is 13.0. The highest BCUT2D eigenvalue weighted by Crippen LogP contribution is 2.35. The van der Waals surface area contributed by atoms with Crippen LogP contribution in [0.15, 0.2) is 29.3 Å². The van der Waals surface area contributed by atoms with E-state index in [1.807, 2.05) is 0 Å². The minimum Gasteiger partial charge on any atom is -0.491 e. The van der Waals surface area contributed by atoms with Crippen molar-refractivity contribution in [3.05, 3.63) is 29.8 Å². The summed E-state index contributed by atoms with van der Waals surface area (Å²) in [5.41, 5.74) is -0.764. The molecular weight excluding hydrogens is 512 g/mol. The highest BCUT2D eigenvalue weighted by molar-refractivity contribution is 14.0. The van der Waals surface area contributed by atoms with Crippen LogP contribution in [-0.2, 0) is 10.9 Å². The third-order valence-electron chi connectivity index (χ3n) is 4.82. The fourth-order valence-corrected chi connectivity index (χ4v) is 3.28. The van der Waals surface area contributed by atoms with Gasteiger partial charge in [-0.15, -0.1) is 24.0 Å². The Bertz CT molecular complexity index is 639. The summed E-state index contributed by atoms with van der Waals surface area (Å²) in [6.45, 7) is 4.33. The predicted molar refractivity (Wildman–Crippen MR) is 123 cm³/mol. The van der Waals surface area contributed by atoms with E-state index >= 15 is 0 Å². The first-order valence-electron chi connectivity index (χ1n) is 9.91. The number of guanidine groups is 1. The molecule has 2 rings (SSSR count). The fourth-order valence-electron chi connectivity index (χ4n) is 3.28. The van der Waals surface area contributed by atoms with Crippen LogP contribution in [0, 0.1) is 0 Å². The first kappa shape index (κ1) is 26.8. The van der Waals surface area contributed by atoms with Crippen LogP contribution < -0.4 is 15.4 Å². The number of methoxy groups -OCH3 is 1. The van der Waals surface area contributed by atoms with E-state index in [0.717, 1.165) is 51.6 Å². The Morgan fingerprint density at radius 1 is 1.20 bits per heavy atom. The van der Waals surface area contributed by atoms with Gasteiger partial charge in [0.05, 0.1) is 12.1 Å². The molecule has 0 spiro atoms. The van der Waals surface area contributed by atoms with Gasteiger partial charge < -0.3 is 25.0 Å². The average Bonchev–Trinajstić information content (AvgIpc) is 2.71. The van der Waals surface area contributed by atoms with Gasteiger partial charge in [0.15, 0.2) is 5.96 Å². The normalized spacial score (nSPS) is 16.1. The lowest BCUT2D eigenvalue weighted by molar-refractivity contribution is -0.138. The van der Waals surface area contributed by atoms with Crippen molar-refractivity contribution in [3.8, 4) is 5.75 Å². The highest BCUT2D eigenvalue weighted by Gasteiger charge is 2.33. The van der Waals surface area contributed by atoms with Gasteiger partial charge in [0.25, 0.3) is 0 Å². The Morgan fingerprint density at radius 3 is 2.53 bits per heavy atom. The molecule has 1 aromatic carbocycles. The molecule has 172 valence electrons. The van der Waals surface area contributed by atoms with Crippen LogP contribution in [0.2, 0.25) is 0 Å². The van der Waals surface area contributed by atoms with Gasteiger partial charge in [0.2, 0.25) is 0 Å². The van der Waals surface area contributed by atoms with Gasteiger partial charge in [0, 0.05) is 46.4 Å². The largest absolute Gasteiger partial charge is 0.491 e. The highest BCUT2D eigenvalue weighted by atomic mass is 127. The lowest BCUT2D eigenvalue weighted by Crippen LogP contribution is -2.49. The Balaban J connectivity index is 0.00000450. The van der Waals surface area contributed by atoms with Crippen molar-refractivity contribution in [2.24, 2.45) is 4.99 Å². The van der Waals surface area contributed by atoms with E-state index < -0.39 is 11.7 Å². The number of nitrogens with one attached hydrogen (secondary N) is 2. The smallest absolute Gasteiger partial charge is 0.419 e. The summed E-state index contributed by atoms with van der Waals surface area (Å²) < 4.78 is 49.4. The molecule has 1 fully saturated rings. The zero-order valence-electron chi connectivity index (χ0n) is 17.5. The van der Waals surface area contributed by atoms with Crippen molar-refractivity contribution < 1.29 is 22.6 Å². The molecular formula is C20H32F3IN4O2. The van der Waals surface area contributed by atoms with E-state index in [1.165, 1.54) is 18.2 Å². The number of hydrogen-bond acceptors (Lipinski definition) is 4. The molecule has 0 aliphatic carbocycles. The molecule has 1 aromatic rings. The molecule has 0 bridgehead atoms. The van der Waals surface area contributed by atoms with E-state index in [4.69, 9.17) is 9.47 Å². The summed E-state index contributed by atoms with van der Waals surface area (Å²) in [4.78, 5) is 6.62. The predicted octanol–water partition coefficient (Wildman–Crippen LogP) is 3.37. The number of hydrogen-bond donors (Lipinski definition) is 2. The number of para-hydroxylation sites is 1. The molecule has 6 nitrogen and oxygen atoms in total. The standard InChI is InChI=1S/C20H31F3N4O2.HI/c1-24-19(26-16-8-12-27(13-9-16)11-5-14-28-2)25-10-15-29-18-7-4-3-6-17(18)20(21,22)23;/h3-4,6-7,16H,5,8-15H2,1-2H3,(H2,24,25,26);1H. The Morgan fingerprint density at radius 2 is 1.90 bits per heavy atom. The summed E-state index contributed by atoms with van der Waals surface area (Å²) in [7, 11) is 3.39. The third kappa shape index (κ3) is 9.25. The summed E-state index contributed by atoms with van der Waals surface area (Å²) in [6, 6.07) is 5.55. The van der Waals surface area contributed by atoms with Crippen LogP contribution in [0.3, 0.4) is 0 Å². The van der Waals surface area contributed by atoms with Crippen molar-refractivity contribution in [1.29, 1.82) is 0 Å². The van der Waals surface area contributed by atoms with E-state index in [-0.39, 0.29) is 36.3 Å². The van der Waals surface area contributed by atoms with Crippen LogP contribution in [-0.4, -0.2) is 70.5 Å². The molecule has 0 radical (unpaired) electrons. The van der Waals surface area contributed by atoms with Gasteiger partial charge in [0.1, 0.15) is 12.4 Å². The second-order valence-electron chi connectivity index (χ2n) is 6.95. The second-order valence-corrected chi connectivity index (χ2v) is 6.95. The summed E-state index contributed by atoms with van der Waals surface area (Å²) in [5.74, 6) is 0.473. The van der Waals surface area contributed by atoms with Gasteiger partial charge in [-0.3, -0.25) is 4.99 Å². The zero-order valence-corrected chi connectivity index (χ0v) is 19.8. The first-order valence-corrected chi connectivity index (χ1v) is 9.91. The number of piperidine rings is 1. The number of nitrogens with zero attached hydrogens (tertiary/aromatic N) is 2. The van der Waals surface area contributed by atoms with Crippen LogP contribution in [0.25, 0.3) is 0 Å². The molecule has 1 aliphatic heterocycles. The summed E-state index contributed by atoms with van der Waals surface area (Å²) in [6.07, 6.45) is -1.36. The van der Waals surface area contributed by atoms with Crippen LogP contribution in [0.4, 0.5) is 13.2 Å². The average molecular weight is 544 g/mol. The minimum atomic E-state index is -4.43. The molecule has 0 aromatic heterocycles. The lowest BCUT2D eigenvalue weighted by atomic mass is 10.1. The van der Waals surface area contributed by atoms with Crippen LogP contribution in [0.1, 0.15) is 24.8 Å². The van der Waals surface area contributed by atoms with Crippen molar-refractivity contribution in [2.45, 2.75) is 31.5 Å². The number of likely N-dealkylation sites (tertiary alicyclic amines) is 1. The number of benzene rings is 1. The molecule has 30 heavy (non-hydrogen) atoms. The number of ether oxygens (including phenoxy) is 2. The van der Waals surface area contributed by atoms with Crippen LogP contribution >= 0.6 is 24.0 Å². The Labute approximate surface area is 193 Å². The topological polar surface area (TPSA) is 58.1 Å². The van der Waals surface area contributed by atoms with Gasteiger partial charge in [-0.2, -0.15) is 13.2 Å². The van der Waals surface area contributed by atoms with Gasteiger partial charge in [-0.25, -0.2) is 0 Å². The molecule has 0 unspecified atom stereocenters. The molecule has 1 saturated heterocycles. The van der Waals surface area contributed by atoms with Gasteiger partial charge in [-0.1, -0.05) is 12.1 Å². The molecule has 0 atom stereocenters. The minimum absolute atomic E-state index is 0. The Hall–Kier alpha value is -1.27. The molecule has 1 aliphatic rings. The van der Waals surface area contributed by atoms with E-state index in [0.29, 0.717) is 18.5 Å². The van der Waals surface area contributed by atoms with Crippen molar-refractivity contribution in [2.75, 3.05) is 53.6 Å². The zero-order chi connectivity index (χ0) is 21.1. The summed E-state index contributed by atoms with van der Waals surface area (Å²) >= 11 is 0. The molecule has 2 N–H and O–H groups in total. The van der Waals surface area contributed by atoms with Gasteiger partial charge in [-0.05, 0) is 31.4 Å². The van der Waals surface area contributed by atoms with Gasteiger partial charge >= 0.3 is 6.18 Å². The van der Waals surface area contributed by atoms with E-state index in [2.05, 4.69) is 20.5 Å². The SMILES string of the molecule is CN=C(NCCOc1ccccc1C(F)(F)F)NC1CCN(CCCOC)CC1.I. The number of halogens is 4. The summed E-state index contributed by atoms with van der Waals surface area (Å²) in [5, 5.41) is 6.48. The van der Waals surface area contributed by atoms with Crippen molar-refractivity contribution in [3.63, 3.8) is 0 Å². The number of aliphatic imine (C=N–C) groups is 1.